The fourth-order valence-corrected chi connectivity index (χ4v) is 1.89. The molecule has 0 radical (unpaired) electrons. The van der Waals surface area contributed by atoms with E-state index >= 15 is 0 Å². The second kappa shape index (κ2) is 3.31. The van der Waals surface area contributed by atoms with Crippen LogP contribution >= 0.6 is 15.9 Å². The zero-order valence-electron chi connectivity index (χ0n) is 6.70. The van der Waals surface area contributed by atoms with E-state index in [9.17, 15) is 0 Å². The Morgan fingerprint density at radius 3 is 3.00 bits per heavy atom. The summed E-state index contributed by atoms with van der Waals surface area (Å²) in [5.74, 6) is 0. The van der Waals surface area contributed by atoms with Gasteiger partial charge in [0, 0.05) is 11.9 Å². The number of anilines is 1. The molecular weight excluding hydrogens is 214 g/mol. The molecule has 1 nitrogen and oxygen atoms in total. The normalized spacial score (nSPS) is 14.6. The summed E-state index contributed by atoms with van der Waals surface area (Å²) in [6, 6.07) is 8.49. The second-order valence-corrected chi connectivity index (χ2v) is 3.31. The Morgan fingerprint density at radius 2 is 2.17 bits per heavy atom. The van der Waals surface area contributed by atoms with Gasteiger partial charge in [0.15, 0.2) is 0 Å². The highest BCUT2D eigenvalue weighted by molar-refractivity contribution is 9.09. The van der Waals surface area contributed by atoms with Crippen LogP contribution in [0, 0.1) is 0 Å². The lowest BCUT2D eigenvalue weighted by atomic mass is 10.1. The van der Waals surface area contributed by atoms with Gasteiger partial charge in [-0.25, -0.2) is 0 Å². The van der Waals surface area contributed by atoms with Gasteiger partial charge in [-0.15, -0.1) is 0 Å². The highest BCUT2D eigenvalue weighted by atomic mass is 79.9. The van der Waals surface area contributed by atoms with Crippen LogP contribution in [0.5, 0.6) is 0 Å². The van der Waals surface area contributed by atoms with Crippen LogP contribution in [-0.4, -0.2) is 5.45 Å². The quantitative estimate of drug-likeness (QED) is 0.523. The van der Waals surface area contributed by atoms with Crippen LogP contribution in [0.15, 0.2) is 36.5 Å². The van der Waals surface area contributed by atoms with Crippen molar-refractivity contribution in [1.82, 2.24) is 0 Å². The lowest BCUT2D eigenvalue weighted by Crippen LogP contribution is -2.17. The first kappa shape index (κ1) is 7.87. The van der Waals surface area contributed by atoms with Gasteiger partial charge in [0.1, 0.15) is 0 Å². The molecule has 0 atom stereocenters. The van der Waals surface area contributed by atoms with Crippen LogP contribution in [0.3, 0.4) is 0 Å². The highest BCUT2D eigenvalue weighted by Crippen LogP contribution is 2.25. The number of hydrogen-bond donors (Lipinski definition) is 0. The van der Waals surface area contributed by atoms with Crippen LogP contribution in [0.2, 0.25) is 0 Å². The molecule has 0 fully saturated rings. The molecule has 12 heavy (non-hydrogen) atoms. The molecule has 0 unspecified atom stereocenters. The standard InChI is InChI=1S/C10H10BrN/c11-8-12-7-3-5-9-4-1-2-6-10(9)12/h1-4,6-7H,5,8H2. The topological polar surface area (TPSA) is 3.24 Å². The molecule has 1 heterocycles. The van der Waals surface area contributed by atoms with E-state index in [2.05, 4.69) is 57.4 Å². The van der Waals surface area contributed by atoms with Gasteiger partial charge >= 0.3 is 0 Å². The molecule has 1 aromatic rings. The summed E-state index contributed by atoms with van der Waals surface area (Å²) in [5, 5.41) is 0. The van der Waals surface area contributed by atoms with E-state index < -0.39 is 0 Å². The molecule has 0 aliphatic carbocycles. The van der Waals surface area contributed by atoms with Gasteiger partial charge in [0.05, 0.1) is 5.45 Å². The van der Waals surface area contributed by atoms with Crippen LogP contribution in [-0.2, 0) is 6.42 Å². The zero-order valence-corrected chi connectivity index (χ0v) is 8.29. The minimum Gasteiger partial charge on any atom is -0.338 e. The van der Waals surface area contributed by atoms with Crippen molar-refractivity contribution in [3.63, 3.8) is 0 Å². The molecule has 0 N–H and O–H groups in total. The van der Waals surface area contributed by atoms with E-state index in [0.29, 0.717) is 0 Å². The number of benzene rings is 1. The molecule has 0 spiro atoms. The van der Waals surface area contributed by atoms with Gasteiger partial charge in [-0.2, -0.15) is 0 Å². The number of rotatable bonds is 1. The average molecular weight is 224 g/mol. The predicted molar refractivity (Wildman–Crippen MR) is 55.6 cm³/mol. The molecular formula is C10H10BrN. The van der Waals surface area contributed by atoms with E-state index in [4.69, 9.17) is 0 Å². The largest absolute Gasteiger partial charge is 0.338 e. The Hall–Kier alpha value is -0.760. The maximum Gasteiger partial charge on any atom is 0.0779 e. The van der Waals surface area contributed by atoms with Crippen molar-refractivity contribution in [3.8, 4) is 0 Å². The first-order valence-corrected chi connectivity index (χ1v) is 5.11. The van der Waals surface area contributed by atoms with E-state index in [1.165, 1.54) is 11.3 Å². The minimum absolute atomic E-state index is 0.862. The number of para-hydroxylation sites is 1. The van der Waals surface area contributed by atoms with Crippen molar-refractivity contribution in [2.45, 2.75) is 6.42 Å². The summed E-state index contributed by atoms with van der Waals surface area (Å²) < 4.78 is 0. The Kier molecular flexibility index (Phi) is 2.17. The summed E-state index contributed by atoms with van der Waals surface area (Å²) in [6.07, 6.45) is 5.36. The Balaban J connectivity index is 2.43. The van der Waals surface area contributed by atoms with Crippen LogP contribution in [0.1, 0.15) is 5.56 Å². The van der Waals surface area contributed by atoms with Gasteiger partial charge in [-0.05, 0) is 18.1 Å². The van der Waals surface area contributed by atoms with Crippen molar-refractivity contribution < 1.29 is 0 Å². The summed E-state index contributed by atoms with van der Waals surface area (Å²) >= 11 is 3.46. The number of nitrogens with zero attached hydrogens (tertiary/aromatic N) is 1. The van der Waals surface area contributed by atoms with Gasteiger partial charge in [0.2, 0.25) is 0 Å². The fraction of sp³-hybridized carbons (Fsp3) is 0.200. The molecule has 0 aromatic heterocycles. The van der Waals surface area contributed by atoms with Crippen molar-refractivity contribution in [1.29, 1.82) is 0 Å². The maximum atomic E-state index is 3.46. The Bertz CT molecular complexity index is 306. The number of halogens is 1. The van der Waals surface area contributed by atoms with Crippen molar-refractivity contribution in [3.05, 3.63) is 42.1 Å². The lowest BCUT2D eigenvalue weighted by Gasteiger charge is -2.23. The SMILES string of the molecule is BrCN1C=CCc2ccccc21. The molecule has 0 amide bonds. The van der Waals surface area contributed by atoms with Crippen LogP contribution in [0.25, 0.3) is 0 Å². The van der Waals surface area contributed by atoms with Gasteiger partial charge in [0.25, 0.3) is 0 Å². The smallest absolute Gasteiger partial charge is 0.0779 e. The second-order valence-electron chi connectivity index (χ2n) is 2.81. The van der Waals surface area contributed by atoms with E-state index in [1.54, 1.807) is 0 Å². The van der Waals surface area contributed by atoms with Crippen molar-refractivity contribution in [2.24, 2.45) is 0 Å². The monoisotopic (exact) mass is 223 g/mol. The van der Waals surface area contributed by atoms with Gasteiger partial charge in [-0.3, -0.25) is 0 Å². The van der Waals surface area contributed by atoms with Gasteiger partial charge < -0.3 is 4.90 Å². The number of alkyl halides is 1. The van der Waals surface area contributed by atoms with E-state index in [1.807, 2.05) is 0 Å². The lowest BCUT2D eigenvalue weighted by molar-refractivity contribution is 1.08. The molecule has 0 saturated heterocycles. The molecule has 2 rings (SSSR count). The zero-order chi connectivity index (χ0) is 8.39. The first-order valence-electron chi connectivity index (χ1n) is 3.99. The summed E-state index contributed by atoms with van der Waals surface area (Å²) in [5.41, 5.74) is 3.58. The third-order valence-electron chi connectivity index (χ3n) is 2.05. The van der Waals surface area contributed by atoms with Crippen molar-refractivity contribution >= 4 is 21.6 Å². The molecule has 1 aliphatic heterocycles. The summed E-state index contributed by atoms with van der Waals surface area (Å²) in [6.45, 7) is 0. The highest BCUT2D eigenvalue weighted by Gasteiger charge is 2.09. The Labute approximate surface area is 80.8 Å². The van der Waals surface area contributed by atoms with Crippen molar-refractivity contribution in [2.75, 3.05) is 10.4 Å². The van der Waals surface area contributed by atoms with Crippen LogP contribution in [0.4, 0.5) is 5.69 Å². The predicted octanol–water partition coefficient (Wildman–Crippen LogP) is 2.92. The average Bonchev–Trinajstić information content (AvgIpc) is 2.17. The third-order valence-corrected chi connectivity index (χ3v) is 2.59. The number of allylic oxidation sites excluding steroid dienone is 1. The van der Waals surface area contributed by atoms with Gasteiger partial charge in [-0.1, -0.05) is 40.2 Å². The maximum absolute atomic E-state index is 3.46. The van der Waals surface area contributed by atoms with Crippen LogP contribution < -0.4 is 4.90 Å². The Morgan fingerprint density at radius 1 is 1.33 bits per heavy atom. The molecule has 2 heteroatoms. The minimum atomic E-state index is 0.862. The van der Waals surface area contributed by atoms with E-state index in [-0.39, 0.29) is 0 Å². The number of hydrogen-bond acceptors (Lipinski definition) is 1. The van der Waals surface area contributed by atoms with E-state index in [0.717, 1.165) is 11.9 Å². The molecule has 1 aliphatic rings. The molecule has 0 bridgehead atoms. The molecule has 0 saturated carbocycles. The first-order chi connectivity index (χ1) is 5.92. The molecule has 62 valence electrons. The number of fused-ring (bicyclic) bond motifs is 1. The third kappa shape index (κ3) is 1.27. The fourth-order valence-electron chi connectivity index (χ4n) is 1.46. The summed E-state index contributed by atoms with van der Waals surface area (Å²) in [4.78, 5) is 2.19. The molecule has 1 aromatic carbocycles. The summed E-state index contributed by atoms with van der Waals surface area (Å²) in [7, 11) is 0.